The molecule has 0 N–H and O–H groups in total. The minimum Gasteiger partial charge on any atom is -0.336 e. The Hall–Kier alpha value is -1.44. The van der Waals surface area contributed by atoms with E-state index < -0.39 is 10.0 Å². The molecule has 2 heterocycles. The summed E-state index contributed by atoms with van der Waals surface area (Å²) in [5.74, 6) is 0.610. The highest BCUT2D eigenvalue weighted by Gasteiger charge is 2.31. The van der Waals surface area contributed by atoms with E-state index in [0.29, 0.717) is 18.0 Å². The molecule has 7 heteroatoms. The van der Waals surface area contributed by atoms with E-state index >= 15 is 0 Å². The summed E-state index contributed by atoms with van der Waals surface area (Å²) in [4.78, 5) is 17.3. The molecule has 1 aromatic rings. The third-order valence-corrected chi connectivity index (χ3v) is 7.76. The molecule has 2 saturated heterocycles. The Labute approximate surface area is 169 Å². The van der Waals surface area contributed by atoms with Crippen LogP contribution in [0.5, 0.6) is 0 Å². The van der Waals surface area contributed by atoms with Crippen LogP contribution in [-0.4, -0.2) is 73.7 Å². The second-order valence-electron chi connectivity index (χ2n) is 8.47. The standard InChI is InChI=1S/C21H33N3O3S/c1-17(2)16-22-12-14-23(15-13-22)21(25)19-7-9-20(10-8-19)28(26,27)24-11-5-4-6-18(24)3/h7-10,17-18H,4-6,11-16H2,1-3H3. The molecule has 2 fully saturated rings. The maximum absolute atomic E-state index is 12.9. The third-order valence-electron chi connectivity index (χ3n) is 5.73. The summed E-state index contributed by atoms with van der Waals surface area (Å²) in [5.41, 5.74) is 0.558. The molecule has 0 spiro atoms. The Balaban J connectivity index is 1.65. The number of sulfonamides is 1. The van der Waals surface area contributed by atoms with Crippen molar-refractivity contribution >= 4 is 15.9 Å². The van der Waals surface area contributed by atoms with Crippen LogP contribution in [0.1, 0.15) is 50.4 Å². The maximum Gasteiger partial charge on any atom is 0.253 e. The Morgan fingerprint density at radius 2 is 1.68 bits per heavy atom. The Kier molecular flexibility index (Phi) is 6.78. The highest BCUT2D eigenvalue weighted by atomic mass is 32.2. The minimum atomic E-state index is -3.50. The summed E-state index contributed by atoms with van der Waals surface area (Å²) < 4.78 is 27.5. The topological polar surface area (TPSA) is 60.9 Å². The van der Waals surface area contributed by atoms with Crippen molar-refractivity contribution in [2.45, 2.75) is 51.0 Å². The van der Waals surface area contributed by atoms with Gasteiger partial charge in [-0.3, -0.25) is 9.69 Å². The Bertz CT molecular complexity index is 769. The van der Waals surface area contributed by atoms with E-state index in [1.165, 1.54) is 0 Å². The average molecular weight is 408 g/mol. The van der Waals surface area contributed by atoms with E-state index in [1.54, 1.807) is 28.6 Å². The first-order valence-corrected chi connectivity index (χ1v) is 11.9. The summed E-state index contributed by atoms with van der Waals surface area (Å²) in [5, 5.41) is 0. The molecule has 1 atom stereocenters. The molecule has 0 aromatic heterocycles. The number of piperazine rings is 1. The predicted molar refractivity (Wildman–Crippen MR) is 111 cm³/mol. The second-order valence-corrected chi connectivity index (χ2v) is 10.4. The summed E-state index contributed by atoms with van der Waals surface area (Å²) in [6.45, 7) is 11.2. The molecule has 156 valence electrons. The van der Waals surface area contributed by atoms with Crippen molar-refractivity contribution in [1.29, 1.82) is 0 Å². The number of hydrogen-bond donors (Lipinski definition) is 0. The first kappa shape index (κ1) is 21.3. The Morgan fingerprint density at radius 1 is 1.04 bits per heavy atom. The summed E-state index contributed by atoms with van der Waals surface area (Å²) in [7, 11) is -3.50. The van der Waals surface area contributed by atoms with Gasteiger partial charge in [-0.15, -0.1) is 0 Å². The predicted octanol–water partition coefficient (Wildman–Crippen LogP) is 2.66. The van der Waals surface area contributed by atoms with Gasteiger partial charge in [-0.1, -0.05) is 20.3 Å². The number of rotatable bonds is 5. The number of nitrogens with zero attached hydrogens (tertiary/aromatic N) is 3. The van der Waals surface area contributed by atoms with Gasteiger partial charge in [0.25, 0.3) is 5.91 Å². The average Bonchev–Trinajstić information content (AvgIpc) is 2.68. The largest absolute Gasteiger partial charge is 0.336 e. The summed E-state index contributed by atoms with van der Waals surface area (Å²) in [6, 6.07) is 6.51. The molecular weight excluding hydrogens is 374 g/mol. The third kappa shape index (κ3) is 4.75. The van der Waals surface area contributed by atoms with Crippen molar-refractivity contribution in [3.63, 3.8) is 0 Å². The van der Waals surface area contributed by atoms with Crippen LogP contribution in [0, 0.1) is 5.92 Å². The quantitative estimate of drug-likeness (QED) is 0.753. The van der Waals surface area contributed by atoms with Crippen molar-refractivity contribution < 1.29 is 13.2 Å². The van der Waals surface area contributed by atoms with Gasteiger partial charge in [-0.2, -0.15) is 4.31 Å². The zero-order valence-electron chi connectivity index (χ0n) is 17.3. The fraction of sp³-hybridized carbons (Fsp3) is 0.667. The SMILES string of the molecule is CC(C)CN1CCN(C(=O)c2ccc(S(=O)(=O)N3CCCCC3C)cc2)CC1. The fourth-order valence-electron chi connectivity index (χ4n) is 4.17. The van der Waals surface area contributed by atoms with Crippen molar-refractivity contribution in [3.05, 3.63) is 29.8 Å². The van der Waals surface area contributed by atoms with Crippen molar-refractivity contribution in [2.24, 2.45) is 5.92 Å². The van der Waals surface area contributed by atoms with Gasteiger partial charge in [-0.05, 0) is 49.9 Å². The number of carbonyl (C=O) groups is 1. The van der Waals surface area contributed by atoms with Gasteiger partial charge in [0.05, 0.1) is 4.90 Å². The lowest BCUT2D eigenvalue weighted by atomic mass is 10.1. The van der Waals surface area contributed by atoms with Crippen LogP contribution < -0.4 is 0 Å². The highest BCUT2D eigenvalue weighted by molar-refractivity contribution is 7.89. The Morgan fingerprint density at radius 3 is 2.25 bits per heavy atom. The lowest BCUT2D eigenvalue weighted by Crippen LogP contribution is -2.49. The van der Waals surface area contributed by atoms with Crippen molar-refractivity contribution in [3.8, 4) is 0 Å². The molecule has 0 radical (unpaired) electrons. The van der Waals surface area contributed by atoms with Crippen LogP contribution in [0.25, 0.3) is 0 Å². The van der Waals surface area contributed by atoms with E-state index in [-0.39, 0.29) is 16.8 Å². The zero-order chi connectivity index (χ0) is 20.3. The summed E-state index contributed by atoms with van der Waals surface area (Å²) in [6.07, 6.45) is 2.88. The summed E-state index contributed by atoms with van der Waals surface area (Å²) >= 11 is 0. The van der Waals surface area contributed by atoms with E-state index in [1.807, 2.05) is 11.8 Å². The zero-order valence-corrected chi connectivity index (χ0v) is 18.1. The van der Waals surface area contributed by atoms with Gasteiger partial charge in [0, 0.05) is 50.9 Å². The normalized spacial score (nSPS) is 22.6. The van der Waals surface area contributed by atoms with E-state index in [9.17, 15) is 13.2 Å². The van der Waals surface area contributed by atoms with Crippen molar-refractivity contribution in [1.82, 2.24) is 14.1 Å². The molecule has 3 rings (SSSR count). The lowest BCUT2D eigenvalue weighted by Gasteiger charge is -2.35. The molecule has 0 aliphatic carbocycles. The molecule has 2 aliphatic heterocycles. The lowest BCUT2D eigenvalue weighted by molar-refractivity contribution is 0.0623. The molecule has 0 bridgehead atoms. The molecule has 6 nitrogen and oxygen atoms in total. The molecule has 2 aliphatic rings. The fourth-order valence-corrected chi connectivity index (χ4v) is 5.87. The highest BCUT2D eigenvalue weighted by Crippen LogP contribution is 2.25. The molecule has 0 saturated carbocycles. The van der Waals surface area contributed by atoms with Crippen LogP contribution in [0.2, 0.25) is 0 Å². The van der Waals surface area contributed by atoms with Crippen LogP contribution in [-0.2, 0) is 10.0 Å². The smallest absolute Gasteiger partial charge is 0.253 e. The van der Waals surface area contributed by atoms with Gasteiger partial charge in [0.15, 0.2) is 0 Å². The van der Waals surface area contributed by atoms with Gasteiger partial charge < -0.3 is 4.90 Å². The first-order valence-electron chi connectivity index (χ1n) is 10.4. The molecule has 28 heavy (non-hydrogen) atoms. The number of amides is 1. The number of carbonyl (C=O) groups excluding carboxylic acids is 1. The van der Waals surface area contributed by atoms with Gasteiger partial charge in [0.2, 0.25) is 10.0 Å². The van der Waals surface area contributed by atoms with Gasteiger partial charge in [-0.25, -0.2) is 8.42 Å². The van der Waals surface area contributed by atoms with Crippen LogP contribution in [0.3, 0.4) is 0 Å². The van der Waals surface area contributed by atoms with E-state index in [0.717, 1.165) is 52.0 Å². The number of piperidine rings is 1. The molecular formula is C21H33N3O3S. The van der Waals surface area contributed by atoms with Crippen molar-refractivity contribution in [2.75, 3.05) is 39.3 Å². The van der Waals surface area contributed by atoms with E-state index in [2.05, 4.69) is 18.7 Å². The molecule has 1 aromatic carbocycles. The molecule has 1 amide bonds. The van der Waals surface area contributed by atoms with Crippen LogP contribution in [0.15, 0.2) is 29.2 Å². The first-order chi connectivity index (χ1) is 13.3. The van der Waals surface area contributed by atoms with Gasteiger partial charge in [0.1, 0.15) is 0 Å². The number of benzene rings is 1. The molecule has 1 unspecified atom stereocenters. The van der Waals surface area contributed by atoms with E-state index in [4.69, 9.17) is 0 Å². The number of hydrogen-bond acceptors (Lipinski definition) is 4. The van der Waals surface area contributed by atoms with Crippen LogP contribution in [0.4, 0.5) is 0 Å². The second kappa shape index (κ2) is 8.93. The minimum absolute atomic E-state index is 0.0144. The van der Waals surface area contributed by atoms with Crippen LogP contribution >= 0.6 is 0 Å². The maximum atomic E-state index is 12.9. The monoisotopic (exact) mass is 407 g/mol. The van der Waals surface area contributed by atoms with Gasteiger partial charge >= 0.3 is 0 Å².